The van der Waals surface area contributed by atoms with Gasteiger partial charge in [0.15, 0.2) is 0 Å². The van der Waals surface area contributed by atoms with E-state index in [4.69, 9.17) is 10.5 Å². The van der Waals surface area contributed by atoms with Gasteiger partial charge >= 0.3 is 170 Å². The first-order chi connectivity index (χ1) is 12.9. The molecule has 0 spiro atoms. The minimum absolute atomic E-state index is 0.0530. The van der Waals surface area contributed by atoms with Gasteiger partial charge in [0.1, 0.15) is 0 Å². The summed E-state index contributed by atoms with van der Waals surface area (Å²) in [5.41, 5.74) is 10.0. The molecule has 3 atom stereocenters. The van der Waals surface area contributed by atoms with Crippen molar-refractivity contribution < 1.29 is 9.84 Å². The van der Waals surface area contributed by atoms with Gasteiger partial charge in [0.05, 0.1) is 0 Å². The minimum atomic E-state index is -0.450. The van der Waals surface area contributed by atoms with Crippen LogP contribution in [-0.4, -0.2) is 38.6 Å². The van der Waals surface area contributed by atoms with E-state index in [2.05, 4.69) is 51.1 Å². The van der Waals surface area contributed by atoms with Crippen LogP contribution in [0.25, 0.3) is 0 Å². The van der Waals surface area contributed by atoms with Crippen LogP contribution in [0.2, 0.25) is 5.21 Å². The number of aliphatic hydroxyl groups excluding tert-OH is 1. The predicted molar refractivity (Wildman–Crippen MR) is 113 cm³/mol. The summed E-state index contributed by atoms with van der Waals surface area (Å²) in [6, 6.07) is 16.6. The summed E-state index contributed by atoms with van der Waals surface area (Å²) in [5, 5.41) is 11.5. The molecule has 0 aliphatic carbocycles. The number of nitrogens with two attached hydrogens (primary N) is 1. The molecule has 0 saturated heterocycles. The zero-order valence-electron chi connectivity index (χ0n) is 16.6. The fourth-order valence-corrected chi connectivity index (χ4v) is 7.23. The van der Waals surface area contributed by atoms with Crippen molar-refractivity contribution in [2.45, 2.75) is 67.7 Å². The normalized spacial score (nSPS) is 20.9. The van der Waals surface area contributed by atoms with Gasteiger partial charge in [-0.25, -0.2) is 0 Å². The summed E-state index contributed by atoms with van der Waals surface area (Å²) < 4.78 is 6.70. The number of fused-ring (bicyclic) bond motifs is 1. The Hall–Kier alpha value is -1.28. The Kier molecular flexibility index (Phi) is 6.68. The van der Waals surface area contributed by atoms with Crippen molar-refractivity contribution in [1.29, 1.82) is 0 Å². The molecule has 1 aliphatic heterocycles. The van der Waals surface area contributed by atoms with E-state index in [1.54, 1.807) is 0 Å². The summed E-state index contributed by atoms with van der Waals surface area (Å²) in [6.07, 6.45) is 2.31. The van der Waals surface area contributed by atoms with Crippen LogP contribution in [0.5, 0.6) is 5.75 Å². The van der Waals surface area contributed by atoms with E-state index in [1.165, 1.54) is 16.7 Å². The fraction of sp³-hybridized carbons (Fsp3) is 0.478. The number of ether oxygens (including phenoxy) is 1. The molecule has 2 aromatic carbocycles. The molecule has 145 valence electrons. The van der Waals surface area contributed by atoms with Crippen molar-refractivity contribution in [3.8, 4) is 5.75 Å². The van der Waals surface area contributed by atoms with E-state index in [-0.39, 0.29) is 27.4 Å². The monoisotopic (exact) mass is 428 g/mol. The molecule has 4 heteroatoms. The molecule has 0 saturated carbocycles. The number of hydrogen-bond donors (Lipinski definition) is 2. The number of rotatable bonds is 7. The third-order valence-electron chi connectivity index (χ3n) is 5.23. The molecule has 3 N–H and O–H groups in total. The summed E-state index contributed by atoms with van der Waals surface area (Å²) in [5.74, 6) is 1.02. The van der Waals surface area contributed by atoms with Crippen LogP contribution in [0.15, 0.2) is 48.5 Å². The molecule has 3 rings (SSSR count). The van der Waals surface area contributed by atoms with Crippen molar-refractivity contribution in [2.24, 2.45) is 5.73 Å². The maximum absolute atomic E-state index is 10.7. The number of benzene rings is 2. The van der Waals surface area contributed by atoms with Crippen LogP contribution in [0.1, 0.15) is 48.6 Å². The standard InChI is InChI=1S/C23H31AsNO2/c1-4-16-10-11-22-18(12-16)19(14-23(2,3)27-22)24-15-21(26)20(25)13-17-8-6-5-7-9-17/h5-12,19-21,26H,4,13-15,25H2,1-3H3/t19?,20-,21-/m0/s1. The van der Waals surface area contributed by atoms with Gasteiger partial charge in [-0.1, -0.05) is 0 Å². The van der Waals surface area contributed by atoms with E-state index < -0.39 is 6.10 Å². The Bertz CT molecular complexity index is 747. The van der Waals surface area contributed by atoms with Crippen LogP contribution in [0, 0.1) is 0 Å². The Morgan fingerprint density at radius 2 is 1.93 bits per heavy atom. The zero-order chi connectivity index (χ0) is 19.4. The molecule has 27 heavy (non-hydrogen) atoms. The topological polar surface area (TPSA) is 55.5 Å². The fourth-order valence-electron chi connectivity index (χ4n) is 3.64. The third-order valence-corrected chi connectivity index (χ3v) is 8.35. The molecular weight excluding hydrogens is 397 g/mol. The number of hydrogen-bond acceptors (Lipinski definition) is 3. The summed E-state index contributed by atoms with van der Waals surface area (Å²) in [7, 11) is 0. The first-order valence-corrected chi connectivity index (χ1v) is 12.2. The summed E-state index contributed by atoms with van der Waals surface area (Å²) in [6.45, 7) is 6.51. The van der Waals surface area contributed by atoms with E-state index in [1.807, 2.05) is 18.2 Å². The molecule has 0 fully saturated rings. The Balaban J connectivity index is 1.66. The van der Waals surface area contributed by atoms with Crippen LogP contribution >= 0.6 is 0 Å². The molecule has 0 amide bonds. The first-order valence-electron chi connectivity index (χ1n) is 9.84. The van der Waals surface area contributed by atoms with E-state index in [0.717, 1.165) is 30.2 Å². The van der Waals surface area contributed by atoms with Gasteiger partial charge in [0.2, 0.25) is 0 Å². The van der Waals surface area contributed by atoms with Crippen LogP contribution < -0.4 is 10.5 Å². The van der Waals surface area contributed by atoms with Crippen molar-refractivity contribution in [2.75, 3.05) is 0 Å². The third kappa shape index (κ3) is 5.38. The van der Waals surface area contributed by atoms with Crippen molar-refractivity contribution in [3.63, 3.8) is 0 Å². The van der Waals surface area contributed by atoms with Crippen LogP contribution in [0.4, 0.5) is 0 Å². The van der Waals surface area contributed by atoms with Gasteiger partial charge in [0, 0.05) is 0 Å². The molecule has 1 aliphatic rings. The predicted octanol–water partition coefficient (Wildman–Crippen LogP) is 3.90. The second kappa shape index (κ2) is 8.81. The Labute approximate surface area is 170 Å². The van der Waals surface area contributed by atoms with Crippen LogP contribution in [-0.2, 0) is 12.8 Å². The number of aryl methyl sites for hydroxylation is 1. The van der Waals surface area contributed by atoms with Crippen molar-refractivity contribution in [3.05, 3.63) is 65.2 Å². The van der Waals surface area contributed by atoms with E-state index in [0.29, 0.717) is 4.71 Å². The molecule has 1 radical (unpaired) electrons. The summed E-state index contributed by atoms with van der Waals surface area (Å²) in [4.78, 5) is 0. The molecule has 2 aromatic rings. The molecular formula is C23H31AsNO2. The van der Waals surface area contributed by atoms with Gasteiger partial charge in [-0.2, -0.15) is 0 Å². The van der Waals surface area contributed by atoms with Crippen LogP contribution in [0.3, 0.4) is 0 Å². The van der Waals surface area contributed by atoms with Gasteiger partial charge in [0.25, 0.3) is 0 Å². The number of aliphatic hydroxyl groups is 1. The molecule has 0 bridgehead atoms. The second-order valence-electron chi connectivity index (χ2n) is 8.09. The maximum atomic E-state index is 10.7. The van der Waals surface area contributed by atoms with Crippen molar-refractivity contribution >= 4 is 15.8 Å². The Morgan fingerprint density at radius 3 is 2.63 bits per heavy atom. The summed E-state index contributed by atoms with van der Waals surface area (Å²) >= 11 is -0.0530. The second-order valence-corrected chi connectivity index (χ2v) is 10.9. The van der Waals surface area contributed by atoms with E-state index in [9.17, 15) is 5.11 Å². The van der Waals surface area contributed by atoms with E-state index >= 15 is 0 Å². The zero-order valence-corrected chi connectivity index (χ0v) is 18.4. The molecule has 3 nitrogen and oxygen atoms in total. The van der Waals surface area contributed by atoms with Gasteiger partial charge in [-0.05, 0) is 0 Å². The van der Waals surface area contributed by atoms with Gasteiger partial charge < -0.3 is 0 Å². The SMILES string of the molecule is CCc1ccc2c(c1)C([As]C[C@H](O)[C@@H](N)Cc1ccccc1)CC(C)(C)O2. The van der Waals surface area contributed by atoms with Crippen molar-refractivity contribution in [1.82, 2.24) is 0 Å². The average molecular weight is 428 g/mol. The quantitative estimate of drug-likeness (QED) is 0.658. The first kappa shape index (κ1) is 20.5. The van der Waals surface area contributed by atoms with Gasteiger partial charge in [-0.15, -0.1) is 0 Å². The molecule has 1 heterocycles. The Morgan fingerprint density at radius 1 is 1.19 bits per heavy atom. The average Bonchev–Trinajstić information content (AvgIpc) is 2.65. The molecule has 0 aromatic heterocycles. The van der Waals surface area contributed by atoms with Gasteiger partial charge in [-0.3, -0.25) is 0 Å². The molecule has 1 unspecified atom stereocenters.